The van der Waals surface area contributed by atoms with Gasteiger partial charge in [0.15, 0.2) is 0 Å². The maximum atomic E-state index is 4.39. The molecule has 3 aromatic rings. The fourth-order valence-electron chi connectivity index (χ4n) is 2.55. The van der Waals surface area contributed by atoms with E-state index in [0.29, 0.717) is 0 Å². The molecular formula is C18H14N4. The van der Waals surface area contributed by atoms with Gasteiger partial charge in [-0.1, -0.05) is 12.1 Å². The van der Waals surface area contributed by atoms with Crippen molar-refractivity contribution in [3.8, 4) is 11.1 Å². The van der Waals surface area contributed by atoms with Crippen molar-refractivity contribution in [3.05, 3.63) is 66.8 Å². The summed E-state index contributed by atoms with van der Waals surface area (Å²) < 4.78 is 0. The van der Waals surface area contributed by atoms with Crippen molar-refractivity contribution >= 4 is 22.7 Å². The van der Waals surface area contributed by atoms with Crippen LogP contribution >= 0.6 is 0 Å². The van der Waals surface area contributed by atoms with E-state index < -0.39 is 0 Å². The first-order chi connectivity index (χ1) is 10.9. The van der Waals surface area contributed by atoms with E-state index in [9.17, 15) is 0 Å². The average Bonchev–Trinajstić information content (AvgIpc) is 3.23. The van der Waals surface area contributed by atoms with E-state index in [-0.39, 0.29) is 0 Å². The number of H-pyrrole nitrogens is 1. The molecule has 1 aliphatic heterocycles. The largest absolute Gasteiger partial charge is 0.277 e. The third kappa shape index (κ3) is 2.35. The van der Waals surface area contributed by atoms with Crippen LogP contribution in [-0.2, 0) is 0 Å². The van der Waals surface area contributed by atoms with Crippen LogP contribution < -0.4 is 0 Å². The zero-order chi connectivity index (χ0) is 14.8. The second-order valence-corrected chi connectivity index (χ2v) is 5.15. The van der Waals surface area contributed by atoms with E-state index in [1.165, 1.54) is 0 Å². The van der Waals surface area contributed by atoms with Crippen LogP contribution in [0.1, 0.15) is 12.1 Å². The first kappa shape index (κ1) is 12.7. The Balaban J connectivity index is 1.68. The highest BCUT2D eigenvalue weighted by molar-refractivity contribution is 6.02. The Morgan fingerprint density at radius 1 is 1.00 bits per heavy atom. The topological polar surface area (TPSA) is 53.9 Å². The number of nitrogens with zero attached hydrogens (tertiary/aromatic N) is 3. The summed E-state index contributed by atoms with van der Waals surface area (Å²) in [6, 6.07) is 10.3. The van der Waals surface area contributed by atoms with Gasteiger partial charge in [-0.15, -0.1) is 0 Å². The molecule has 3 heterocycles. The third-order valence-corrected chi connectivity index (χ3v) is 3.71. The van der Waals surface area contributed by atoms with Crippen molar-refractivity contribution in [3.63, 3.8) is 0 Å². The molecule has 0 unspecified atom stereocenters. The highest BCUT2D eigenvalue weighted by Crippen LogP contribution is 2.25. The lowest BCUT2D eigenvalue weighted by molar-refractivity contribution is 1.11. The van der Waals surface area contributed by atoms with E-state index >= 15 is 0 Å². The quantitative estimate of drug-likeness (QED) is 0.791. The zero-order valence-corrected chi connectivity index (χ0v) is 11.9. The lowest BCUT2D eigenvalue weighted by Gasteiger charge is -2.00. The molecule has 0 aliphatic carbocycles. The van der Waals surface area contributed by atoms with Crippen LogP contribution in [0, 0.1) is 0 Å². The first-order valence-electron chi connectivity index (χ1n) is 7.18. The maximum absolute atomic E-state index is 4.39. The van der Waals surface area contributed by atoms with Crippen LogP contribution in [-0.4, -0.2) is 20.9 Å². The number of aromatic nitrogens is 3. The van der Waals surface area contributed by atoms with Crippen LogP contribution in [0.15, 0.2) is 66.1 Å². The monoisotopic (exact) mass is 286 g/mol. The van der Waals surface area contributed by atoms with Gasteiger partial charge < -0.3 is 0 Å². The second kappa shape index (κ2) is 5.41. The van der Waals surface area contributed by atoms with Gasteiger partial charge in [0.25, 0.3) is 0 Å². The van der Waals surface area contributed by atoms with Gasteiger partial charge in [-0.3, -0.25) is 15.1 Å². The Labute approximate surface area is 127 Å². The summed E-state index contributed by atoms with van der Waals surface area (Å²) in [5.41, 5.74) is 5.32. The Morgan fingerprint density at radius 2 is 1.91 bits per heavy atom. The van der Waals surface area contributed by atoms with E-state index in [1.54, 1.807) is 12.4 Å². The van der Waals surface area contributed by atoms with E-state index in [1.807, 2.05) is 36.6 Å². The standard InChI is InChI=1S/C18H14N4/c1-2-15(20-9-1)4-6-17-16-5-3-14(12-18(16)22-21-17)13-7-10-19-11-8-13/h1,3-12H,2H2,(H,21,22)/b6-4+. The summed E-state index contributed by atoms with van der Waals surface area (Å²) in [4.78, 5) is 8.33. The highest BCUT2D eigenvalue weighted by Gasteiger charge is 2.05. The lowest BCUT2D eigenvalue weighted by Crippen LogP contribution is -1.85. The zero-order valence-electron chi connectivity index (χ0n) is 11.9. The van der Waals surface area contributed by atoms with Crippen LogP contribution in [0.3, 0.4) is 0 Å². The van der Waals surface area contributed by atoms with Crippen LogP contribution in [0.5, 0.6) is 0 Å². The molecule has 0 radical (unpaired) electrons. The number of allylic oxidation sites excluding steroid dienone is 2. The van der Waals surface area contributed by atoms with Crippen molar-refractivity contribution < 1.29 is 0 Å². The predicted molar refractivity (Wildman–Crippen MR) is 89.6 cm³/mol. The predicted octanol–water partition coefficient (Wildman–Crippen LogP) is 4.00. The summed E-state index contributed by atoms with van der Waals surface area (Å²) >= 11 is 0. The van der Waals surface area contributed by atoms with Crippen molar-refractivity contribution in [2.24, 2.45) is 4.99 Å². The molecule has 1 aliphatic rings. The lowest BCUT2D eigenvalue weighted by atomic mass is 10.0. The smallest absolute Gasteiger partial charge is 0.0927 e. The van der Waals surface area contributed by atoms with E-state index in [0.717, 1.165) is 39.9 Å². The third-order valence-electron chi connectivity index (χ3n) is 3.71. The Hall–Kier alpha value is -3.01. The van der Waals surface area contributed by atoms with E-state index in [4.69, 9.17) is 0 Å². The highest BCUT2D eigenvalue weighted by atomic mass is 15.1. The molecule has 4 heteroatoms. The molecule has 4 nitrogen and oxygen atoms in total. The summed E-state index contributed by atoms with van der Waals surface area (Å²) in [5.74, 6) is 0. The number of aromatic amines is 1. The number of benzene rings is 1. The minimum absolute atomic E-state index is 0.894. The Morgan fingerprint density at radius 3 is 2.73 bits per heavy atom. The Bertz CT molecular complexity index is 901. The maximum Gasteiger partial charge on any atom is 0.0927 e. The van der Waals surface area contributed by atoms with Gasteiger partial charge in [-0.25, -0.2) is 0 Å². The van der Waals surface area contributed by atoms with Crippen molar-refractivity contribution in [2.75, 3.05) is 0 Å². The number of hydrogen-bond donors (Lipinski definition) is 1. The van der Waals surface area contributed by atoms with Gasteiger partial charge in [-0.05, 0) is 47.5 Å². The summed E-state index contributed by atoms with van der Waals surface area (Å²) in [6.07, 6.45) is 12.4. The summed E-state index contributed by atoms with van der Waals surface area (Å²) in [5, 5.41) is 8.60. The van der Waals surface area contributed by atoms with Crippen LogP contribution in [0.4, 0.5) is 0 Å². The number of nitrogens with one attached hydrogen (secondary N) is 1. The minimum atomic E-state index is 0.894. The molecule has 0 bridgehead atoms. The number of aliphatic imine (C=N–C) groups is 1. The van der Waals surface area contributed by atoms with Gasteiger partial charge in [0.2, 0.25) is 0 Å². The van der Waals surface area contributed by atoms with Gasteiger partial charge in [0.05, 0.1) is 11.2 Å². The molecule has 1 N–H and O–H groups in total. The minimum Gasteiger partial charge on any atom is -0.277 e. The van der Waals surface area contributed by atoms with Gasteiger partial charge >= 0.3 is 0 Å². The number of pyridine rings is 1. The molecule has 22 heavy (non-hydrogen) atoms. The SMILES string of the molecule is C1=CN=C(/C=C/c2n[nH]c3cc(-c4ccncc4)ccc23)C1. The van der Waals surface area contributed by atoms with Gasteiger partial charge in [0, 0.05) is 36.1 Å². The average molecular weight is 286 g/mol. The molecular weight excluding hydrogens is 272 g/mol. The molecule has 0 spiro atoms. The van der Waals surface area contributed by atoms with Crippen molar-refractivity contribution in [2.45, 2.75) is 6.42 Å². The normalized spacial score (nSPS) is 14.1. The molecule has 4 rings (SSSR count). The summed E-state index contributed by atoms with van der Waals surface area (Å²) in [6.45, 7) is 0. The molecule has 2 aromatic heterocycles. The summed E-state index contributed by atoms with van der Waals surface area (Å²) in [7, 11) is 0. The van der Waals surface area contributed by atoms with Crippen LogP contribution in [0.25, 0.3) is 28.1 Å². The molecule has 0 saturated carbocycles. The molecule has 0 atom stereocenters. The fraction of sp³-hybridized carbons (Fsp3) is 0.0556. The number of hydrogen-bond acceptors (Lipinski definition) is 3. The molecule has 0 fully saturated rings. The number of rotatable bonds is 3. The number of fused-ring (bicyclic) bond motifs is 1. The molecule has 0 saturated heterocycles. The molecule has 106 valence electrons. The van der Waals surface area contributed by atoms with Gasteiger partial charge in [-0.2, -0.15) is 5.10 Å². The fourth-order valence-corrected chi connectivity index (χ4v) is 2.55. The van der Waals surface area contributed by atoms with Crippen LogP contribution in [0.2, 0.25) is 0 Å². The van der Waals surface area contributed by atoms with Gasteiger partial charge in [0.1, 0.15) is 0 Å². The first-order valence-corrected chi connectivity index (χ1v) is 7.18. The second-order valence-electron chi connectivity index (χ2n) is 5.15. The van der Waals surface area contributed by atoms with E-state index in [2.05, 4.69) is 38.4 Å². The Kier molecular flexibility index (Phi) is 3.12. The van der Waals surface area contributed by atoms with Crippen molar-refractivity contribution in [1.82, 2.24) is 15.2 Å². The molecule has 0 amide bonds. The molecule has 1 aromatic carbocycles. The van der Waals surface area contributed by atoms with Crippen molar-refractivity contribution in [1.29, 1.82) is 0 Å².